The molecule has 0 heterocycles. The molecule has 1 unspecified atom stereocenters. The van der Waals surface area contributed by atoms with Crippen LogP contribution in [0.4, 0.5) is 0 Å². The Morgan fingerprint density at radius 2 is 2.38 bits per heavy atom. The lowest BCUT2D eigenvalue weighted by molar-refractivity contribution is -0.154. The number of hydrogen-bond acceptors (Lipinski definition) is 3. The van der Waals surface area contributed by atoms with Gasteiger partial charge in [0.1, 0.15) is 0 Å². The summed E-state index contributed by atoms with van der Waals surface area (Å²) in [7, 11) is 0. The number of carboxylic acid groups (broad SMARTS) is 1. The van der Waals surface area contributed by atoms with E-state index in [2.05, 4.69) is 6.58 Å². The van der Waals surface area contributed by atoms with Gasteiger partial charge in [-0.15, -0.1) is 6.58 Å². The average molecular weight is 188 g/mol. The molecule has 0 rings (SSSR count). The molecule has 4 nitrogen and oxygen atoms in total. The van der Waals surface area contributed by atoms with Crippen LogP contribution in [0.15, 0.2) is 12.7 Å². The van der Waals surface area contributed by atoms with E-state index in [4.69, 9.17) is 14.6 Å². The molecule has 1 atom stereocenters. The highest BCUT2D eigenvalue weighted by Gasteiger charge is 2.16. The molecule has 0 aromatic heterocycles. The van der Waals surface area contributed by atoms with Crippen molar-refractivity contribution in [3.63, 3.8) is 0 Å². The Kier molecular flexibility index (Phi) is 7.24. The fourth-order valence-electron chi connectivity index (χ4n) is 0.749. The van der Waals surface area contributed by atoms with Crippen molar-refractivity contribution in [1.82, 2.24) is 0 Å². The molecular formula is C9H16O4. The SMILES string of the molecule is C=CCCOCC(OCC)C(=O)O. The highest BCUT2D eigenvalue weighted by molar-refractivity contribution is 5.72. The topological polar surface area (TPSA) is 55.8 Å². The number of aliphatic carboxylic acids is 1. The lowest BCUT2D eigenvalue weighted by atomic mass is 10.4. The highest BCUT2D eigenvalue weighted by Crippen LogP contribution is 1.95. The third-order valence-electron chi connectivity index (χ3n) is 1.38. The fraction of sp³-hybridized carbons (Fsp3) is 0.667. The maximum Gasteiger partial charge on any atom is 0.335 e. The summed E-state index contributed by atoms with van der Waals surface area (Å²) in [6.07, 6.45) is 1.59. The molecule has 0 aliphatic carbocycles. The van der Waals surface area contributed by atoms with Gasteiger partial charge in [0.25, 0.3) is 0 Å². The average Bonchev–Trinajstić information content (AvgIpc) is 2.10. The lowest BCUT2D eigenvalue weighted by Gasteiger charge is -2.11. The smallest absolute Gasteiger partial charge is 0.335 e. The van der Waals surface area contributed by atoms with Crippen LogP contribution < -0.4 is 0 Å². The van der Waals surface area contributed by atoms with E-state index in [1.807, 2.05) is 0 Å². The minimum absolute atomic E-state index is 0.0943. The summed E-state index contributed by atoms with van der Waals surface area (Å²) >= 11 is 0. The molecule has 13 heavy (non-hydrogen) atoms. The van der Waals surface area contributed by atoms with Crippen LogP contribution in [0, 0.1) is 0 Å². The van der Waals surface area contributed by atoms with Gasteiger partial charge in [0.15, 0.2) is 6.10 Å². The Balaban J connectivity index is 3.56. The standard InChI is InChI=1S/C9H16O4/c1-3-5-6-12-7-8(9(10)11)13-4-2/h3,8H,1,4-7H2,2H3,(H,10,11). The number of carboxylic acids is 1. The van der Waals surface area contributed by atoms with Crippen molar-refractivity contribution in [2.75, 3.05) is 19.8 Å². The molecule has 0 saturated heterocycles. The normalized spacial score (nSPS) is 12.4. The van der Waals surface area contributed by atoms with Gasteiger partial charge >= 0.3 is 5.97 Å². The zero-order valence-electron chi connectivity index (χ0n) is 7.86. The minimum Gasteiger partial charge on any atom is -0.479 e. The van der Waals surface area contributed by atoms with Gasteiger partial charge < -0.3 is 14.6 Å². The van der Waals surface area contributed by atoms with E-state index in [9.17, 15) is 4.79 Å². The number of rotatable bonds is 8. The maximum atomic E-state index is 10.5. The Morgan fingerprint density at radius 1 is 1.69 bits per heavy atom. The van der Waals surface area contributed by atoms with E-state index in [1.54, 1.807) is 13.0 Å². The second-order valence-electron chi connectivity index (χ2n) is 2.43. The van der Waals surface area contributed by atoms with Gasteiger partial charge in [-0.25, -0.2) is 4.79 Å². The highest BCUT2D eigenvalue weighted by atomic mass is 16.5. The first-order valence-corrected chi connectivity index (χ1v) is 4.25. The summed E-state index contributed by atoms with van der Waals surface area (Å²) in [6, 6.07) is 0. The first kappa shape index (κ1) is 12.1. The summed E-state index contributed by atoms with van der Waals surface area (Å²) in [4.78, 5) is 10.5. The van der Waals surface area contributed by atoms with E-state index in [1.165, 1.54) is 0 Å². The minimum atomic E-state index is -0.986. The Bertz CT molecular complexity index is 156. The van der Waals surface area contributed by atoms with E-state index in [-0.39, 0.29) is 6.61 Å². The Labute approximate surface area is 78.2 Å². The molecule has 0 radical (unpaired) electrons. The van der Waals surface area contributed by atoms with Crippen molar-refractivity contribution >= 4 is 5.97 Å². The van der Waals surface area contributed by atoms with Gasteiger partial charge in [0.2, 0.25) is 0 Å². The predicted molar refractivity (Wildman–Crippen MR) is 48.7 cm³/mol. The monoisotopic (exact) mass is 188 g/mol. The molecular weight excluding hydrogens is 172 g/mol. The van der Waals surface area contributed by atoms with E-state index >= 15 is 0 Å². The molecule has 0 amide bonds. The first-order chi connectivity index (χ1) is 6.22. The van der Waals surface area contributed by atoms with Crippen LogP contribution in [-0.2, 0) is 14.3 Å². The van der Waals surface area contributed by atoms with Crippen molar-refractivity contribution in [2.24, 2.45) is 0 Å². The fourth-order valence-corrected chi connectivity index (χ4v) is 0.749. The number of hydrogen-bond donors (Lipinski definition) is 1. The number of ether oxygens (including phenoxy) is 2. The molecule has 0 fully saturated rings. The zero-order chi connectivity index (χ0) is 10.1. The van der Waals surface area contributed by atoms with E-state index in [0.29, 0.717) is 13.2 Å². The van der Waals surface area contributed by atoms with Gasteiger partial charge in [-0.1, -0.05) is 6.08 Å². The quantitative estimate of drug-likeness (QED) is 0.457. The summed E-state index contributed by atoms with van der Waals surface area (Å²) in [6.45, 7) is 6.23. The summed E-state index contributed by atoms with van der Waals surface area (Å²) in [5, 5.41) is 8.64. The van der Waals surface area contributed by atoms with Gasteiger partial charge in [-0.05, 0) is 13.3 Å². The lowest BCUT2D eigenvalue weighted by Crippen LogP contribution is -2.29. The Hall–Kier alpha value is -0.870. The molecule has 4 heteroatoms. The summed E-state index contributed by atoms with van der Waals surface area (Å²) in [5.41, 5.74) is 0. The summed E-state index contributed by atoms with van der Waals surface area (Å²) in [5.74, 6) is -0.986. The van der Waals surface area contributed by atoms with Crippen LogP contribution in [0.25, 0.3) is 0 Å². The van der Waals surface area contributed by atoms with Gasteiger partial charge in [-0.3, -0.25) is 0 Å². The van der Waals surface area contributed by atoms with Crippen LogP contribution >= 0.6 is 0 Å². The molecule has 0 aromatic rings. The summed E-state index contributed by atoms with van der Waals surface area (Å²) < 4.78 is 10.0. The first-order valence-electron chi connectivity index (χ1n) is 4.25. The van der Waals surface area contributed by atoms with Crippen LogP contribution in [0.5, 0.6) is 0 Å². The van der Waals surface area contributed by atoms with Crippen LogP contribution in [0.3, 0.4) is 0 Å². The largest absolute Gasteiger partial charge is 0.479 e. The van der Waals surface area contributed by atoms with Crippen molar-refractivity contribution in [3.05, 3.63) is 12.7 Å². The second-order valence-corrected chi connectivity index (χ2v) is 2.43. The Morgan fingerprint density at radius 3 is 2.85 bits per heavy atom. The molecule has 76 valence electrons. The molecule has 1 N–H and O–H groups in total. The van der Waals surface area contributed by atoms with E-state index in [0.717, 1.165) is 6.42 Å². The molecule has 0 spiro atoms. The van der Waals surface area contributed by atoms with Crippen LogP contribution in [0.1, 0.15) is 13.3 Å². The number of carbonyl (C=O) groups is 1. The zero-order valence-corrected chi connectivity index (χ0v) is 7.86. The second kappa shape index (κ2) is 7.76. The van der Waals surface area contributed by atoms with Gasteiger partial charge in [0, 0.05) is 6.61 Å². The van der Waals surface area contributed by atoms with Crippen LogP contribution in [0.2, 0.25) is 0 Å². The van der Waals surface area contributed by atoms with E-state index < -0.39 is 12.1 Å². The third-order valence-corrected chi connectivity index (χ3v) is 1.38. The predicted octanol–water partition coefficient (Wildman–Crippen LogP) is 1.07. The molecule has 0 saturated carbocycles. The van der Waals surface area contributed by atoms with Gasteiger partial charge in [0.05, 0.1) is 13.2 Å². The molecule has 0 aromatic carbocycles. The third kappa shape index (κ3) is 6.31. The van der Waals surface area contributed by atoms with Crippen LogP contribution in [-0.4, -0.2) is 37.0 Å². The van der Waals surface area contributed by atoms with Crippen molar-refractivity contribution in [2.45, 2.75) is 19.4 Å². The molecule has 0 aliphatic heterocycles. The van der Waals surface area contributed by atoms with Crippen molar-refractivity contribution in [3.8, 4) is 0 Å². The molecule has 0 aliphatic rings. The van der Waals surface area contributed by atoms with Crippen molar-refractivity contribution < 1.29 is 19.4 Å². The van der Waals surface area contributed by atoms with Gasteiger partial charge in [-0.2, -0.15) is 0 Å². The maximum absolute atomic E-state index is 10.5. The van der Waals surface area contributed by atoms with Crippen molar-refractivity contribution in [1.29, 1.82) is 0 Å². The molecule has 0 bridgehead atoms.